The monoisotopic (exact) mass is 509 g/mol. The molecule has 7 nitrogen and oxygen atoms in total. The second-order valence-corrected chi connectivity index (χ2v) is 6.20. The van der Waals surface area contributed by atoms with Crippen molar-refractivity contribution in [3.05, 3.63) is 48.8 Å². The van der Waals surface area contributed by atoms with Crippen molar-refractivity contribution < 1.29 is 9.47 Å². The molecular formula is C21H28IN5O2. The van der Waals surface area contributed by atoms with Gasteiger partial charge in [-0.1, -0.05) is 12.1 Å². The summed E-state index contributed by atoms with van der Waals surface area (Å²) in [6.07, 6.45) is 2.85. The molecule has 0 atom stereocenters. The highest BCUT2D eigenvalue weighted by atomic mass is 127. The lowest BCUT2D eigenvalue weighted by Crippen LogP contribution is -2.31. The molecule has 156 valence electrons. The first kappa shape index (κ1) is 22.8. The van der Waals surface area contributed by atoms with Crippen LogP contribution in [0.15, 0.2) is 53.8 Å². The van der Waals surface area contributed by atoms with Crippen LogP contribution in [0.25, 0.3) is 11.0 Å². The number of rotatable bonds is 8. The number of nitrogens with one attached hydrogen (secondary N) is 2. The van der Waals surface area contributed by atoms with E-state index in [4.69, 9.17) is 9.47 Å². The molecule has 0 aliphatic carbocycles. The number of fused-ring (bicyclic) bond motifs is 1. The first-order valence-corrected chi connectivity index (χ1v) is 9.43. The molecule has 3 rings (SSSR count). The Labute approximate surface area is 188 Å². The average molecular weight is 509 g/mol. The molecule has 0 aliphatic rings. The largest absolute Gasteiger partial charge is 0.493 e. The maximum Gasteiger partial charge on any atom is 0.195 e. The van der Waals surface area contributed by atoms with Crippen LogP contribution in [0.4, 0.5) is 5.69 Å². The fourth-order valence-electron chi connectivity index (χ4n) is 2.98. The number of anilines is 1. The SMILES string of the molecule is CCOc1cc(NC(=NC)NCCCn2cnc3ccccc32)ccc1OC.I. The highest BCUT2D eigenvalue weighted by Gasteiger charge is 2.07. The van der Waals surface area contributed by atoms with Gasteiger partial charge in [0.2, 0.25) is 0 Å². The van der Waals surface area contributed by atoms with E-state index in [2.05, 4.69) is 31.2 Å². The Bertz CT molecular complexity index is 942. The molecule has 0 saturated carbocycles. The zero-order chi connectivity index (χ0) is 19.8. The molecule has 1 aromatic heterocycles. The van der Waals surface area contributed by atoms with E-state index >= 15 is 0 Å². The number of para-hydroxylation sites is 2. The lowest BCUT2D eigenvalue weighted by Gasteiger charge is -2.15. The molecule has 0 bridgehead atoms. The number of halogens is 1. The second-order valence-electron chi connectivity index (χ2n) is 6.20. The Morgan fingerprint density at radius 3 is 2.76 bits per heavy atom. The third-order valence-electron chi connectivity index (χ3n) is 4.35. The molecule has 0 amide bonds. The summed E-state index contributed by atoms with van der Waals surface area (Å²) >= 11 is 0. The van der Waals surface area contributed by atoms with Crippen LogP contribution in [0.2, 0.25) is 0 Å². The van der Waals surface area contributed by atoms with Crippen LogP contribution in [0.1, 0.15) is 13.3 Å². The maximum absolute atomic E-state index is 5.62. The van der Waals surface area contributed by atoms with E-state index in [1.54, 1.807) is 14.2 Å². The van der Waals surface area contributed by atoms with Crippen LogP contribution < -0.4 is 20.1 Å². The lowest BCUT2D eigenvalue weighted by molar-refractivity contribution is 0.311. The Morgan fingerprint density at radius 1 is 1.17 bits per heavy atom. The van der Waals surface area contributed by atoms with E-state index in [1.165, 1.54) is 0 Å². The second kappa shape index (κ2) is 11.5. The summed E-state index contributed by atoms with van der Waals surface area (Å²) in [5.74, 6) is 2.13. The summed E-state index contributed by atoms with van der Waals surface area (Å²) in [5.41, 5.74) is 3.07. The van der Waals surface area contributed by atoms with Crippen molar-refractivity contribution in [2.24, 2.45) is 4.99 Å². The number of aromatic nitrogens is 2. The number of methoxy groups -OCH3 is 1. The van der Waals surface area contributed by atoms with Crippen molar-refractivity contribution in [1.29, 1.82) is 0 Å². The van der Waals surface area contributed by atoms with E-state index < -0.39 is 0 Å². The summed E-state index contributed by atoms with van der Waals surface area (Å²) in [4.78, 5) is 8.72. The van der Waals surface area contributed by atoms with Crippen LogP contribution in [0, 0.1) is 0 Å². The average Bonchev–Trinajstić information content (AvgIpc) is 3.14. The molecule has 2 N–H and O–H groups in total. The van der Waals surface area contributed by atoms with Gasteiger partial charge in [-0.05, 0) is 37.6 Å². The number of aliphatic imine (C=N–C) groups is 1. The van der Waals surface area contributed by atoms with Crippen LogP contribution in [0.3, 0.4) is 0 Å². The molecule has 29 heavy (non-hydrogen) atoms. The van der Waals surface area contributed by atoms with Crippen molar-refractivity contribution in [3.8, 4) is 11.5 Å². The Kier molecular flexibility index (Phi) is 9.04. The molecule has 2 aromatic carbocycles. The third-order valence-corrected chi connectivity index (χ3v) is 4.35. The minimum Gasteiger partial charge on any atom is -0.493 e. The fraction of sp³-hybridized carbons (Fsp3) is 0.333. The van der Waals surface area contributed by atoms with Crippen LogP contribution in [-0.2, 0) is 6.54 Å². The molecule has 0 aliphatic heterocycles. The summed E-state index contributed by atoms with van der Waals surface area (Å²) in [7, 11) is 3.39. The van der Waals surface area contributed by atoms with Gasteiger partial charge >= 0.3 is 0 Å². The van der Waals surface area contributed by atoms with E-state index in [-0.39, 0.29) is 24.0 Å². The molecule has 1 heterocycles. The third kappa shape index (κ3) is 5.99. The Balaban J connectivity index is 0.00000300. The van der Waals surface area contributed by atoms with Gasteiger partial charge in [0, 0.05) is 31.9 Å². The van der Waals surface area contributed by atoms with Gasteiger partial charge in [0.25, 0.3) is 0 Å². The first-order valence-electron chi connectivity index (χ1n) is 9.43. The quantitative estimate of drug-likeness (QED) is 0.207. The van der Waals surface area contributed by atoms with Crippen molar-refractivity contribution in [2.75, 3.05) is 32.6 Å². The van der Waals surface area contributed by atoms with E-state index in [1.807, 2.05) is 49.6 Å². The zero-order valence-electron chi connectivity index (χ0n) is 17.0. The fourth-order valence-corrected chi connectivity index (χ4v) is 2.98. The van der Waals surface area contributed by atoms with Crippen LogP contribution in [0.5, 0.6) is 11.5 Å². The van der Waals surface area contributed by atoms with E-state index in [0.29, 0.717) is 24.1 Å². The molecule has 0 spiro atoms. The number of imidazole rings is 1. The van der Waals surface area contributed by atoms with Gasteiger partial charge in [0.1, 0.15) is 0 Å². The summed E-state index contributed by atoms with van der Waals surface area (Å²) in [5, 5.41) is 6.63. The van der Waals surface area contributed by atoms with Crippen LogP contribution >= 0.6 is 24.0 Å². The summed E-state index contributed by atoms with van der Waals surface area (Å²) in [6, 6.07) is 13.9. The van der Waals surface area contributed by atoms with Crippen LogP contribution in [-0.4, -0.2) is 42.8 Å². The minimum atomic E-state index is 0. The van der Waals surface area contributed by atoms with E-state index in [0.717, 1.165) is 36.2 Å². The number of hydrogen-bond donors (Lipinski definition) is 2. The molecule has 0 saturated heterocycles. The normalized spacial score (nSPS) is 11.1. The number of nitrogens with zero attached hydrogens (tertiary/aromatic N) is 3. The predicted molar refractivity (Wildman–Crippen MR) is 129 cm³/mol. The molecule has 0 unspecified atom stereocenters. The van der Waals surface area contributed by atoms with Gasteiger partial charge in [0.05, 0.1) is 31.1 Å². The van der Waals surface area contributed by atoms with Crippen molar-refractivity contribution in [1.82, 2.24) is 14.9 Å². The lowest BCUT2D eigenvalue weighted by atomic mass is 10.2. The van der Waals surface area contributed by atoms with Crippen molar-refractivity contribution >= 4 is 46.7 Å². The zero-order valence-corrected chi connectivity index (χ0v) is 19.3. The Hall–Kier alpha value is -2.49. The smallest absolute Gasteiger partial charge is 0.195 e. The molecule has 8 heteroatoms. The standard InChI is InChI=1S/C21H27N5O2.HI/c1-4-28-20-14-16(10-11-19(20)27-3)25-21(22-2)23-12-7-13-26-15-24-17-8-5-6-9-18(17)26;/h5-6,8-11,14-15H,4,7,12-13H2,1-3H3,(H2,22,23,25);1H. The number of benzene rings is 2. The first-order chi connectivity index (χ1) is 13.7. The summed E-state index contributed by atoms with van der Waals surface area (Å²) in [6.45, 7) is 4.21. The van der Waals surface area contributed by atoms with E-state index in [9.17, 15) is 0 Å². The molecule has 0 radical (unpaired) electrons. The molecule has 3 aromatic rings. The summed E-state index contributed by atoms with van der Waals surface area (Å²) < 4.78 is 13.1. The van der Waals surface area contributed by atoms with Gasteiger partial charge in [-0.25, -0.2) is 4.98 Å². The van der Waals surface area contributed by atoms with Crippen molar-refractivity contribution in [3.63, 3.8) is 0 Å². The highest BCUT2D eigenvalue weighted by Crippen LogP contribution is 2.30. The molecule has 0 fully saturated rings. The van der Waals surface area contributed by atoms with Crippen molar-refractivity contribution in [2.45, 2.75) is 19.9 Å². The van der Waals surface area contributed by atoms with Gasteiger partial charge in [-0.15, -0.1) is 24.0 Å². The maximum atomic E-state index is 5.62. The minimum absolute atomic E-state index is 0. The van der Waals surface area contributed by atoms with Gasteiger partial charge in [-0.2, -0.15) is 0 Å². The number of aryl methyl sites for hydroxylation is 1. The number of guanidine groups is 1. The highest BCUT2D eigenvalue weighted by molar-refractivity contribution is 14.0. The van der Waals surface area contributed by atoms with Gasteiger partial charge in [0.15, 0.2) is 17.5 Å². The van der Waals surface area contributed by atoms with Gasteiger partial charge in [-0.3, -0.25) is 4.99 Å². The Morgan fingerprint density at radius 2 is 2.00 bits per heavy atom. The topological polar surface area (TPSA) is 72.7 Å². The number of ether oxygens (including phenoxy) is 2. The van der Waals surface area contributed by atoms with Gasteiger partial charge < -0.3 is 24.7 Å². The molecular weight excluding hydrogens is 481 g/mol. The number of hydrogen-bond acceptors (Lipinski definition) is 4. The predicted octanol–water partition coefficient (Wildman–Crippen LogP) is 4.14.